The molecule has 3 heterocycles. The van der Waals surface area contributed by atoms with Crippen molar-refractivity contribution < 1.29 is 52.0 Å². The summed E-state index contributed by atoms with van der Waals surface area (Å²) in [5.74, 6) is -0.932. The molecule has 0 aliphatic carbocycles. The molecule has 1 aliphatic rings. The van der Waals surface area contributed by atoms with Gasteiger partial charge < -0.3 is 35.0 Å². The van der Waals surface area contributed by atoms with Gasteiger partial charge in [0.2, 0.25) is 0 Å². The third-order valence-electron chi connectivity index (χ3n) is 6.10. The molecule has 6 N–H and O–H groups in total. The van der Waals surface area contributed by atoms with E-state index in [0.717, 1.165) is 6.33 Å². The van der Waals surface area contributed by atoms with E-state index < -0.39 is 52.8 Å². The second kappa shape index (κ2) is 11.4. The number of phosphoric ester groups is 1. The van der Waals surface area contributed by atoms with E-state index in [4.69, 9.17) is 35.0 Å². The summed E-state index contributed by atoms with van der Waals surface area (Å²) in [6, 6.07) is 9.24. The number of carbonyl (C=O) groups is 1. The molecule has 1 aliphatic heterocycles. The number of benzene rings is 2. The van der Waals surface area contributed by atoms with E-state index in [1.54, 1.807) is 24.3 Å². The quantitative estimate of drug-likeness (QED) is 0.0588. The molecule has 42 heavy (non-hydrogen) atoms. The molecule has 1 fully saturated rings. The van der Waals surface area contributed by atoms with E-state index in [1.165, 1.54) is 23.0 Å². The fraction of sp³-hybridized carbons (Fsp3) is 0.238. The molecule has 2 aromatic carbocycles. The highest BCUT2D eigenvalue weighted by molar-refractivity contribution is 7.60. The zero-order valence-corrected chi connectivity index (χ0v) is 22.7. The summed E-state index contributed by atoms with van der Waals surface area (Å²) in [4.78, 5) is 55.7. The molecule has 21 heteroatoms. The molecule has 5 rings (SSSR count). The van der Waals surface area contributed by atoms with Crippen LogP contribution in [0.15, 0.2) is 54.2 Å². The van der Waals surface area contributed by atoms with Gasteiger partial charge >= 0.3 is 21.6 Å². The molecule has 1 unspecified atom stereocenters. The van der Waals surface area contributed by atoms with E-state index in [0.29, 0.717) is 10.8 Å². The Morgan fingerprint density at radius 2 is 1.88 bits per heavy atom. The number of ether oxygens (including phenoxy) is 2. The summed E-state index contributed by atoms with van der Waals surface area (Å²) < 4.78 is 44.3. The van der Waals surface area contributed by atoms with Crippen molar-refractivity contribution in [3.63, 3.8) is 0 Å². The molecule has 2 aromatic heterocycles. The first-order valence-electron chi connectivity index (χ1n) is 11.7. The number of rotatable bonds is 9. The number of anilines is 1. The van der Waals surface area contributed by atoms with Crippen LogP contribution < -0.4 is 5.73 Å². The number of fused-ring (bicyclic) bond motifs is 2. The zero-order chi connectivity index (χ0) is 30.2. The summed E-state index contributed by atoms with van der Waals surface area (Å²) in [5, 5.41) is 15.6. The molecular weight excluding hydrogens is 602 g/mol. The Kier molecular flexibility index (Phi) is 7.98. The molecule has 4 aromatic rings. The van der Waals surface area contributed by atoms with Crippen LogP contribution in [0.2, 0.25) is 0 Å². The van der Waals surface area contributed by atoms with Gasteiger partial charge in [0.05, 0.1) is 18.5 Å². The van der Waals surface area contributed by atoms with Crippen LogP contribution in [0.4, 0.5) is 11.5 Å². The summed E-state index contributed by atoms with van der Waals surface area (Å²) in [7, 11) is -10.8. The Bertz CT molecular complexity index is 1820. The van der Waals surface area contributed by atoms with Crippen molar-refractivity contribution in [3.8, 4) is 0 Å². The number of nitrogen functional groups attached to an aromatic ring is 1. The molecule has 0 radical (unpaired) electrons. The Morgan fingerprint density at radius 1 is 1.14 bits per heavy atom. The van der Waals surface area contributed by atoms with Gasteiger partial charge in [-0.15, -0.1) is 0 Å². The van der Waals surface area contributed by atoms with Crippen molar-refractivity contribution in [2.45, 2.75) is 24.5 Å². The summed E-state index contributed by atoms with van der Waals surface area (Å²) in [5.41, 5.74) is 15.3. The molecule has 0 saturated carbocycles. The molecule has 0 bridgehead atoms. The SMILES string of the molecule is [N-]=[N+]=Nc1cccc2c(C(=O)O[C@H]3[C@@H](O)[C@H](n4cnc5c(N)ncnc54)O[C@@H]3COP(=O)(O)OP(=O)(O)O)cccc12. The van der Waals surface area contributed by atoms with Gasteiger partial charge in [-0.2, -0.15) is 4.31 Å². The number of aromatic nitrogens is 4. The van der Waals surface area contributed by atoms with Gasteiger partial charge in [-0.25, -0.2) is 28.9 Å². The topological polar surface area (TPSA) is 287 Å². The third-order valence-corrected chi connectivity index (χ3v) is 8.25. The van der Waals surface area contributed by atoms with Gasteiger partial charge in [0.15, 0.2) is 23.8 Å². The lowest BCUT2D eigenvalue weighted by Crippen LogP contribution is -2.38. The van der Waals surface area contributed by atoms with Crippen LogP contribution in [0.3, 0.4) is 0 Å². The number of carbonyl (C=O) groups excluding carboxylic acids is 1. The van der Waals surface area contributed by atoms with Gasteiger partial charge in [0, 0.05) is 10.6 Å². The second-order valence-corrected chi connectivity index (χ2v) is 11.5. The number of hydrogen-bond acceptors (Lipinski definition) is 13. The predicted octanol–water partition coefficient (Wildman–Crippen LogP) is 2.21. The Labute approximate surface area is 233 Å². The minimum absolute atomic E-state index is 0.0177. The smallest absolute Gasteiger partial charge is 0.453 e. The summed E-state index contributed by atoms with van der Waals surface area (Å²) in [6.07, 6.45) is -3.72. The first-order chi connectivity index (χ1) is 19.9. The van der Waals surface area contributed by atoms with E-state index >= 15 is 0 Å². The maximum Gasteiger partial charge on any atom is 0.481 e. The van der Waals surface area contributed by atoms with Crippen molar-refractivity contribution in [2.75, 3.05) is 12.3 Å². The maximum atomic E-state index is 13.4. The minimum Gasteiger partial charge on any atom is -0.453 e. The number of nitrogens with two attached hydrogens (primary N) is 1. The van der Waals surface area contributed by atoms with Crippen molar-refractivity contribution in [1.82, 2.24) is 19.5 Å². The lowest BCUT2D eigenvalue weighted by atomic mass is 10.0. The fourth-order valence-electron chi connectivity index (χ4n) is 4.40. The maximum absolute atomic E-state index is 13.4. The number of azide groups is 1. The highest BCUT2D eigenvalue weighted by Crippen LogP contribution is 2.57. The molecule has 0 amide bonds. The number of nitrogens with zero attached hydrogens (tertiary/aromatic N) is 7. The number of esters is 1. The van der Waals surface area contributed by atoms with Crippen molar-refractivity contribution in [1.29, 1.82) is 0 Å². The molecule has 19 nitrogen and oxygen atoms in total. The van der Waals surface area contributed by atoms with E-state index in [2.05, 4.69) is 29.3 Å². The zero-order valence-electron chi connectivity index (χ0n) is 20.9. The second-order valence-electron chi connectivity index (χ2n) is 8.71. The monoisotopic (exact) mass is 622 g/mol. The first-order valence-corrected chi connectivity index (χ1v) is 14.7. The van der Waals surface area contributed by atoms with E-state index in [1.807, 2.05) is 0 Å². The van der Waals surface area contributed by atoms with Gasteiger partial charge in [0.1, 0.15) is 24.1 Å². The van der Waals surface area contributed by atoms with Crippen LogP contribution in [0, 0.1) is 0 Å². The fourth-order valence-corrected chi connectivity index (χ4v) is 6.00. The van der Waals surface area contributed by atoms with Crippen LogP contribution in [0.25, 0.3) is 32.4 Å². The molecule has 5 atom stereocenters. The van der Waals surface area contributed by atoms with Crippen molar-refractivity contribution in [2.24, 2.45) is 5.11 Å². The van der Waals surface area contributed by atoms with E-state index in [9.17, 15) is 23.9 Å². The Balaban J connectivity index is 1.48. The highest BCUT2D eigenvalue weighted by Gasteiger charge is 2.49. The lowest BCUT2D eigenvalue weighted by molar-refractivity contribution is -0.0520. The average Bonchev–Trinajstić information content (AvgIpc) is 3.48. The Hall–Kier alpha value is -3.99. The number of phosphoric acid groups is 2. The van der Waals surface area contributed by atoms with Crippen LogP contribution in [0.5, 0.6) is 0 Å². The summed E-state index contributed by atoms with van der Waals surface area (Å²) >= 11 is 0. The number of aliphatic hydroxyl groups excluding tert-OH is 1. The normalized spacial score (nSPS) is 22.1. The minimum atomic E-state index is -5.44. The van der Waals surface area contributed by atoms with Crippen LogP contribution in [0.1, 0.15) is 16.6 Å². The summed E-state index contributed by atoms with van der Waals surface area (Å²) in [6.45, 7) is -0.931. The van der Waals surface area contributed by atoms with Crippen molar-refractivity contribution in [3.05, 3.63) is 65.1 Å². The van der Waals surface area contributed by atoms with Gasteiger partial charge in [0.25, 0.3) is 0 Å². The lowest BCUT2D eigenvalue weighted by Gasteiger charge is -2.22. The number of imidazole rings is 1. The van der Waals surface area contributed by atoms with Crippen molar-refractivity contribution >= 4 is 55.1 Å². The first kappa shape index (κ1) is 29.5. The number of hydrogen-bond donors (Lipinski definition) is 5. The van der Waals surface area contributed by atoms with E-state index in [-0.39, 0.29) is 28.2 Å². The van der Waals surface area contributed by atoms with Gasteiger partial charge in [-0.1, -0.05) is 35.4 Å². The Morgan fingerprint density at radius 3 is 2.62 bits per heavy atom. The molecule has 0 spiro atoms. The highest BCUT2D eigenvalue weighted by atomic mass is 31.3. The third kappa shape index (κ3) is 5.97. The van der Waals surface area contributed by atoms with Crippen LogP contribution in [-0.2, 0) is 27.4 Å². The predicted molar refractivity (Wildman–Crippen MR) is 141 cm³/mol. The van der Waals surface area contributed by atoms with Gasteiger partial charge in [-0.3, -0.25) is 9.09 Å². The standard InChI is InChI=1S/C21H20N8O11P2/c22-18-15-19(25-8-24-18)29(9-26-15)20-16(30)17(14(38-20)7-37-42(35,36)40-41(32,33)34)39-21(31)12-5-1-4-11-10(12)3-2-6-13(11)27-28-23/h1-6,8-9,14,16-17,20,30H,7H2,(H,35,36)(H2,22,24,25)(H2,32,33,34)/t14-,16-,17-,20-/m1/s1. The molecule has 220 valence electrons. The molecular formula is C21H20N8O11P2. The van der Waals surface area contributed by atoms with Crippen LogP contribution >= 0.6 is 15.6 Å². The van der Waals surface area contributed by atoms with Crippen LogP contribution in [-0.4, -0.2) is 70.2 Å². The van der Waals surface area contributed by atoms with Gasteiger partial charge in [-0.05, 0) is 22.4 Å². The molecule has 1 saturated heterocycles. The largest absolute Gasteiger partial charge is 0.481 e. The number of aliphatic hydroxyl groups is 1. The average molecular weight is 622 g/mol.